The molecule has 1 aromatic heterocycles. The summed E-state index contributed by atoms with van der Waals surface area (Å²) < 4.78 is 0. The highest BCUT2D eigenvalue weighted by Gasteiger charge is 2.13. The van der Waals surface area contributed by atoms with Gasteiger partial charge in [-0.3, -0.25) is 4.79 Å². The van der Waals surface area contributed by atoms with E-state index in [-0.39, 0.29) is 11.5 Å². The number of aromatic nitrogens is 1. The first kappa shape index (κ1) is 17.9. The second-order valence-corrected chi connectivity index (χ2v) is 6.99. The molecule has 0 radical (unpaired) electrons. The van der Waals surface area contributed by atoms with Crippen LogP contribution in [0.5, 0.6) is 0 Å². The first-order valence-corrected chi connectivity index (χ1v) is 9.27. The number of benzene rings is 2. The molecule has 0 aliphatic carbocycles. The van der Waals surface area contributed by atoms with Gasteiger partial charge in [-0.1, -0.05) is 66.4 Å². The molecule has 0 bridgehead atoms. The van der Waals surface area contributed by atoms with Gasteiger partial charge in [0.05, 0.1) is 11.3 Å². The van der Waals surface area contributed by atoms with Crippen LogP contribution in [0.1, 0.15) is 27.2 Å². The lowest BCUT2D eigenvalue weighted by atomic mass is 10.0. The maximum Gasteiger partial charge on any atom is 0.173 e. The lowest BCUT2D eigenvalue weighted by Gasteiger charge is -2.07. The second kappa shape index (κ2) is 7.99. The van der Waals surface area contributed by atoms with Crippen LogP contribution in [0.3, 0.4) is 0 Å². The molecule has 0 aliphatic rings. The van der Waals surface area contributed by atoms with Crippen molar-refractivity contribution < 1.29 is 4.79 Å². The molecular weight excluding hydrogens is 340 g/mol. The molecule has 2 aromatic carbocycles. The van der Waals surface area contributed by atoms with Crippen molar-refractivity contribution in [2.75, 3.05) is 5.75 Å². The fraction of sp³-hybridized carbons (Fsp3) is 0.136. The van der Waals surface area contributed by atoms with Crippen LogP contribution in [0.2, 0.25) is 0 Å². The van der Waals surface area contributed by atoms with Crippen molar-refractivity contribution in [3.63, 3.8) is 0 Å². The summed E-state index contributed by atoms with van der Waals surface area (Å²) >= 11 is 1.32. The first-order valence-electron chi connectivity index (χ1n) is 8.28. The van der Waals surface area contributed by atoms with Crippen molar-refractivity contribution in [1.82, 2.24) is 4.98 Å². The fourth-order valence-corrected chi connectivity index (χ4v) is 3.73. The molecule has 0 fully saturated rings. The first-order chi connectivity index (χ1) is 12.6. The Balaban J connectivity index is 1.73. The topological polar surface area (TPSA) is 53.8 Å². The number of ketones is 1. The lowest BCUT2D eigenvalue weighted by molar-refractivity contribution is 0.102. The number of pyridine rings is 1. The highest BCUT2D eigenvalue weighted by Crippen LogP contribution is 2.25. The van der Waals surface area contributed by atoms with Gasteiger partial charge in [-0.2, -0.15) is 5.26 Å². The molecule has 3 rings (SSSR count). The minimum absolute atomic E-state index is 0.0273. The Morgan fingerprint density at radius 1 is 1.04 bits per heavy atom. The predicted molar refractivity (Wildman–Crippen MR) is 105 cm³/mol. The third-order valence-corrected chi connectivity index (χ3v) is 5.05. The van der Waals surface area contributed by atoms with Gasteiger partial charge in [-0.05, 0) is 36.6 Å². The molecule has 0 saturated heterocycles. The van der Waals surface area contributed by atoms with E-state index in [9.17, 15) is 10.1 Å². The zero-order valence-electron chi connectivity index (χ0n) is 14.7. The van der Waals surface area contributed by atoms with Gasteiger partial charge in [0.1, 0.15) is 11.1 Å². The molecule has 26 heavy (non-hydrogen) atoms. The Kier molecular flexibility index (Phi) is 5.50. The SMILES string of the molecule is Cc1cc(C)c(C#N)c(SCC(=O)c2ccc(-c3ccccc3)cc2)n1. The zero-order chi connectivity index (χ0) is 18.5. The molecule has 0 unspecified atom stereocenters. The Morgan fingerprint density at radius 2 is 1.69 bits per heavy atom. The molecule has 0 aliphatic heterocycles. The Morgan fingerprint density at radius 3 is 2.35 bits per heavy atom. The average molecular weight is 358 g/mol. The lowest BCUT2D eigenvalue weighted by Crippen LogP contribution is -2.04. The van der Waals surface area contributed by atoms with E-state index in [0.29, 0.717) is 16.2 Å². The highest BCUT2D eigenvalue weighted by molar-refractivity contribution is 8.00. The van der Waals surface area contributed by atoms with Gasteiger partial charge in [0, 0.05) is 11.3 Å². The van der Waals surface area contributed by atoms with Gasteiger partial charge in [0.2, 0.25) is 0 Å². The smallest absolute Gasteiger partial charge is 0.173 e. The molecule has 1 heterocycles. The molecule has 3 nitrogen and oxygen atoms in total. The average Bonchev–Trinajstić information content (AvgIpc) is 2.66. The Bertz CT molecular complexity index is 974. The summed E-state index contributed by atoms with van der Waals surface area (Å²) in [7, 11) is 0. The molecule has 0 saturated carbocycles. The molecule has 0 spiro atoms. The predicted octanol–water partition coefficient (Wildman–Crippen LogP) is 5.21. The summed E-state index contributed by atoms with van der Waals surface area (Å²) in [6, 6.07) is 21.8. The van der Waals surface area contributed by atoms with E-state index in [1.54, 1.807) is 0 Å². The van der Waals surface area contributed by atoms with Crippen molar-refractivity contribution in [3.05, 3.63) is 83.0 Å². The molecule has 0 amide bonds. The van der Waals surface area contributed by atoms with Crippen molar-refractivity contribution in [2.24, 2.45) is 0 Å². The number of nitrogens with zero attached hydrogens (tertiary/aromatic N) is 2. The molecule has 4 heteroatoms. The Labute approximate surface area is 157 Å². The minimum atomic E-state index is 0.0273. The van der Waals surface area contributed by atoms with Crippen LogP contribution in [0, 0.1) is 25.2 Å². The van der Waals surface area contributed by atoms with E-state index in [1.807, 2.05) is 74.5 Å². The van der Waals surface area contributed by atoms with E-state index in [4.69, 9.17) is 0 Å². The largest absolute Gasteiger partial charge is 0.293 e. The number of hydrogen-bond acceptors (Lipinski definition) is 4. The number of aryl methyl sites for hydroxylation is 2. The third-order valence-electron chi connectivity index (χ3n) is 4.08. The van der Waals surface area contributed by atoms with Gasteiger partial charge < -0.3 is 0 Å². The summed E-state index contributed by atoms with van der Waals surface area (Å²) in [5, 5.41) is 9.95. The minimum Gasteiger partial charge on any atom is -0.293 e. The van der Waals surface area contributed by atoms with Gasteiger partial charge in [-0.15, -0.1) is 0 Å². The molecule has 0 atom stereocenters. The summed E-state index contributed by atoms with van der Waals surface area (Å²) in [5.74, 6) is 0.286. The van der Waals surface area contributed by atoms with Gasteiger partial charge in [0.15, 0.2) is 5.78 Å². The van der Waals surface area contributed by atoms with Crippen LogP contribution >= 0.6 is 11.8 Å². The van der Waals surface area contributed by atoms with Crippen molar-refractivity contribution in [1.29, 1.82) is 5.26 Å². The van der Waals surface area contributed by atoms with E-state index in [0.717, 1.165) is 22.4 Å². The van der Waals surface area contributed by atoms with Crippen molar-refractivity contribution in [3.8, 4) is 17.2 Å². The molecule has 128 valence electrons. The third kappa shape index (κ3) is 4.01. The number of carbonyl (C=O) groups excluding carboxylic acids is 1. The maximum atomic E-state index is 12.5. The summed E-state index contributed by atoms with van der Waals surface area (Å²) in [6.07, 6.45) is 0. The fourth-order valence-electron chi connectivity index (χ4n) is 2.74. The van der Waals surface area contributed by atoms with Crippen LogP contribution in [0.4, 0.5) is 0 Å². The molecular formula is C22H18N2OS. The molecule has 0 N–H and O–H groups in total. The summed E-state index contributed by atoms with van der Waals surface area (Å²) in [4.78, 5) is 16.9. The normalized spacial score (nSPS) is 10.3. The van der Waals surface area contributed by atoms with E-state index in [1.165, 1.54) is 11.8 Å². The number of thioether (sulfide) groups is 1. The van der Waals surface area contributed by atoms with Crippen molar-refractivity contribution in [2.45, 2.75) is 18.9 Å². The number of rotatable bonds is 5. The van der Waals surface area contributed by atoms with Crippen LogP contribution in [-0.4, -0.2) is 16.5 Å². The summed E-state index contributed by atoms with van der Waals surface area (Å²) in [5.41, 5.74) is 5.16. The Hall–Kier alpha value is -2.90. The zero-order valence-corrected chi connectivity index (χ0v) is 15.5. The van der Waals surface area contributed by atoms with Gasteiger partial charge in [0.25, 0.3) is 0 Å². The quantitative estimate of drug-likeness (QED) is 0.464. The van der Waals surface area contributed by atoms with Crippen LogP contribution in [0.25, 0.3) is 11.1 Å². The van der Waals surface area contributed by atoms with Crippen LogP contribution in [-0.2, 0) is 0 Å². The molecule has 3 aromatic rings. The van der Waals surface area contributed by atoms with Crippen molar-refractivity contribution >= 4 is 17.5 Å². The van der Waals surface area contributed by atoms with Gasteiger partial charge in [-0.25, -0.2) is 4.98 Å². The number of Topliss-reactive ketones (excluding diaryl/α,β-unsaturated/α-hetero) is 1. The van der Waals surface area contributed by atoms with Crippen LogP contribution < -0.4 is 0 Å². The standard InChI is InChI=1S/C22H18N2OS/c1-15-12-16(2)24-22(20(15)13-23)26-14-21(25)19-10-8-18(9-11-19)17-6-4-3-5-7-17/h3-12H,14H2,1-2H3. The number of carbonyl (C=O) groups is 1. The highest BCUT2D eigenvalue weighted by atomic mass is 32.2. The second-order valence-electron chi connectivity index (χ2n) is 6.03. The van der Waals surface area contributed by atoms with E-state index in [2.05, 4.69) is 11.1 Å². The monoisotopic (exact) mass is 358 g/mol. The summed E-state index contributed by atoms with van der Waals surface area (Å²) in [6.45, 7) is 3.78. The van der Waals surface area contributed by atoms with E-state index >= 15 is 0 Å². The maximum absolute atomic E-state index is 12.5. The van der Waals surface area contributed by atoms with E-state index < -0.39 is 0 Å². The van der Waals surface area contributed by atoms with Crippen LogP contribution in [0.15, 0.2) is 65.7 Å². The number of nitriles is 1. The van der Waals surface area contributed by atoms with Gasteiger partial charge >= 0.3 is 0 Å². The number of hydrogen-bond donors (Lipinski definition) is 0.